The van der Waals surface area contributed by atoms with Crippen molar-refractivity contribution in [3.63, 3.8) is 0 Å². The Hall–Kier alpha value is -1.59. The van der Waals surface area contributed by atoms with Crippen LogP contribution in [0, 0.1) is 16.0 Å². The third-order valence-electron chi connectivity index (χ3n) is 2.72. The SMILES string of the molecule is CC1CC(Nc2nn(C)cc2[N+](=O)[O-])C1. The maximum Gasteiger partial charge on any atom is 0.330 e. The van der Waals surface area contributed by atoms with E-state index in [1.54, 1.807) is 7.05 Å². The van der Waals surface area contributed by atoms with E-state index in [0.717, 1.165) is 12.8 Å². The van der Waals surface area contributed by atoms with E-state index in [2.05, 4.69) is 17.3 Å². The second kappa shape index (κ2) is 3.52. The lowest BCUT2D eigenvalue weighted by Gasteiger charge is -2.32. The second-order valence-corrected chi connectivity index (χ2v) is 4.21. The first-order valence-corrected chi connectivity index (χ1v) is 5.01. The highest BCUT2D eigenvalue weighted by atomic mass is 16.6. The fraction of sp³-hybridized carbons (Fsp3) is 0.667. The van der Waals surface area contributed by atoms with Crippen molar-refractivity contribution in [2.75, 3.05) is 5.32 Å². The minimum Gasteiger partial charge on any atom is -0.360 e. The number of aromatic nitrogens is 2. The summed E-state index contributed by atoms with van der Waals surface area (Å²) in [6.07, 6.45) is 3.55. The first-order chi connectivity index (χ1) is 7.06. The van der Waals surface area contributed by atoms with Gasteiger partial charge in [0.1, 0.15) is 6.20 Å². The molecule has 1 aliphatic rings. The van der Waals surface area contributed by atoms with Crippen LogP contribution in [0.15, 0.2) is 6.20 Å². The van der Waals surface area contributed by atoms with Gasteiger partial charge in [0, 0.05) is 13.1 Å². The molecule has 1 fully saturated rings. The van der Waals surface area contributed by atoms with Gasteiger partial charge in [0.15, 0.2) is 0 Å². The highest BCUT2D eigenvalue weighted by Crippen LogP contribution is 2.31. The molecule has 0 radical (unpaired) electrons. The van der Waals surface area contributed by atoms with Crippen LogP contribution in [0.2, 0.25) is 0 Å². The Bertz CT molecular complexity index is 381. The number of hydrogen-bond acceptors (Lipinski definition) is 4. The fourth-order valence-electron chi connectivity index (χ4n) is 1.93. The monoisotopic (exact) mass is 210 g/mol. The van der Waals surface area contributed by atoms with E-state index in [0.29, 0.717) is 17.8 Å². The van der Waals surface area contributed by atoms with E-state index < -0.39 is 4.92 Å². The zero-order valence-corrected chi connectivity index (χ0v) is 8.80. The number of aryl methyl sites for hydroxylation is 1. The minimum absolute atomic E-state index is 0.0528. The zero-order chi connectivity index (χ0) is 11.0. The summed E-state index contributed by atoms with van der Waals surface area (Å²) in [5, 5.41) is 17.8. The summed E-state index contributed by atoms with van der Waals surface area (Å²) in [6.45, 7) is 2.17. The average molecular weight is 210 g/mol. The van der Waals surface area contributed by atoms with Gasteiger partial charge in [-0.3, -0.25) is 14.8 Å². The molecule has 6 nitrogen and oxygen atoms in total. The molecule has 0 amide bonds. The van der Waals surface area contributed by atoms with Gasteiger partial charge in [0.25, 0.3) is 0 Å². The van der Waals surface area contributed by atoms with Crippen LogP contribution in [0.5, 0.6) is 0 Å². The van der Waals surface area contributed by atoms with Crippen molar-refractivity contribution in [2.45, 2.75) is 25.8 Å². The van der Waals surface area contributed by atoms with Crippen molar-refractivity contribution in [1.29, 1.82) is 0 Å². The molecule has 1 aromatic rings. The Morgan fingerprint density at radius 3 is 2.87 bits per heavy atom. The molecule has 1 saturated carbocycles. The Morgan fingerprint density at radius 1 is 1.67 bits per heavy atom. The van der Waals surface area contributed by atoms with Gasteiger partial charge in [0.2, 0.25) is 5.82 Å². The second-order valence-electron chi connectivity index (χ2n) is 4.21. The molecule has 1 N–H and O–H groups in total. The lowest BCUT2D eigenvalue weighted by Crippen LogP contribution is -2.34. The Morgan fingerprint density at radius 2 is 2.33 bits per heavy atom. The van der Waals surface area contributed by atoms with Crippen LogP contribution in [0.1, 0.15) is 19.8 Å². The normalized spacial score (nSPS) is 24.7. The van der Waals surface area contributed by atoms with E-state index in [9.17, 15) is 10.1 Å². The number of nitro groups is 1. The van der Waals surface area contributed by atoms with Crippen molar-refractivity contribution >= 4 is 11.5 Å². The highest BCUT2D eigenvalue weighted by molar-refractivity contribution is 5.55. The molecule has 0 bridgehead atoms. The Kier molecular flexibility index (Phi) is 2.34. The molecule has 15 heavy (non-hydrogen) atoms. The van der Waals surface area contributed by atoms with Gasteiger partial charge in [-0.1, -0.05) is 6.92 Å². The van der Waals surface area contributed by atoms with Crippen LogP contribution >= 0.6 is 0 Å². The first kappa shape index (κ1) is 9.95. The van der Waals surface area contributed by atoms with Crippen molar-refractivity contribution in [3.05, 3.63) is 16.3 Å². The molecule has 1 heterocycles. The van der Waals surface area contributed by atoms with E-state index in [-0.39, 0.29) is 5.69 Å². The smallest absolute Gasteiger partial charge is 0.330 e. The van der Waals surface area contributed by atoms with Gasteiger partial charge in [-0.05, 0) is 18.8 Å². The quantitative estimate of drug-likeness (QED) is 0.606. The lowest BCUT2D eigenvalue weighted by molar-refractivity contribution is -0.384. The summed E-state index contributed by atoms with van der Waals surface area (Å²) < 4.78 is 1.46. The van der Waals surface area contributed by atoms with Crippen LogP contribution in [0.3, 0.4) is 0 Å². The maximum atomic E-state index is 10.7. The predicted octanol–water partition coefficient (Wildman–Crippen LogP) is 1.54. The molecule has 0 saturated heterocycles. The number of nitrogens with zero attached hydrogens (tertiary/aromatic N) is 3. The summed E-state index contributed by atoms with van der Waals surface area (Å²) in [5.41, 5.74) is 0.0528. The van der Waals surface area contributed by atoms with Gasteiger partial charge in [0.05, 0.1) is 4.92 Å². The molecular formula is C9H14N4O2. The Balaban J connectivity index is 2.10. The van der Waals surface area contributed by atoms with Gasteiger partial charge in [-0.2, -0.15) is 0 Å². The standard InChI is InChI=1S/C9H14N4O2/c1-6-3-7(4-6)10-9-8(13(14)15)5-12(2)11-9/h5-7H,3-4H2,1-2H3,(H,10,11). The third-order valence-corrected chi connectivity index (χ3v) is 2.72. The van der Waals surface area contributed by atoms with Crippen LogP contribution in [-0.4, -0.2) is 20.7 Å². The summed E-state index contributed by atoms with van der Waals surface area (Å²) in [7, 11) is 1.68. The number of hydrogen-bond donors (Lipinski definition) is 1. The highest BCUT2D eigenvalue weighted by Gasteiger charge is 2.28. The van der Waals surface area contributed by atoms with Crippen molar-refractivity contribution in [1.82, 2.24) is 9.78 Å². The van der Waals surface area contributed by atoms with Crippen molar-refractivity contribution in [2.24, 2.45) is 13.0 Å². The molecule has 0 spiro atoms. The molecule has 0 unspecified atom stereocenters. The third kappa shape index (κ3) is 1.93. The number of rotatable bonds is 3. The Labute approximate surface area is 87.4 Å². The van der Waals surface area contributed by atoms with Gasteiger partial charge >= 0.3 is 5.69 Å². The molecule has 0 aromatic carbocycles. The summed E-state index contributed by atoms with van der Waals surface area (Å²) in [5.74, 6) is 1.10. The van der Waals surface area contributed by atoms with Crippen LogP contribution < -0.4 is 5.32 Å². The van der Waals surface area contributed by atoms with Crippen LogP contribution in [0.25, 0.3) is 0 Å². The fourth-order valence-corrected chi connectivity index (χ4v) is 1.93. The summed E-state index contributed by atoms with van der Waals surface area (Å²) in [6, 6.07) is 0.341. The molecule has 6 heteroatoms. The molecule has 82 valence electrons. The molecule has 1 aromatic heterocycles. The molecule has 2 rings (SSSR count). The predicted molar refractivity (Wildman–Crippen MR) is 55.7 cm³/mol. The maximum absolute atomic E-state index is 10.7. The molecule has 1 aliphatic carbocycles. The zero-order valence-electron chi connectivity index (χ0n) is 8.80. The van der Waals surface area contributed by atoms with Crippen LogP contribution in [0.4, 0.5) is 11.5 Å². The van der Waals surface area contributed by atoms with E-state index in [1.165, 1.54) is 10.9 Å². The molecule has 0 aliphatic heterocycles. The average Bonchev–Trinajstić information content (AvgIpc) is 2.44. The number of anilines is 1. The topological polar surface area (TPSA) is 73.0 Å². The first-order valence-electron chi connectivity index (χ1n) is 5.01. The van der Waals surface area contributed by atoms with Crippen LogP contribution in [-0.2, 0) is 7.05 Å². The summed E-state index contributed by atoms with van der Waals surface area (Å²) >= 11 is 0. The molecular weight excluding hydrogens is 196 g/mol. The van der Waals surface area contributed by atoms with E-state index >= 15 is 0 Å². The summed E-state index contributed by atoms with van der Waals surface area (Å²) in [4.78, 5) is 10.3. The van der Waals surface area contributed by atoms with Crippen molar-refractivity contribution < 1.29 is 4.92 Å². The van der Waals surface area contributed by atoms with E-state index in [4.69, 9.17) is 0 Å². The van der Waals surface area contributed by atoms with E-state index in [1.807, 2.05) is 0 Å². The lowest BCUT2D eigenvalue weighted by atomic mass is 9.82. The largest absolute Gasteiger partial charge is 0.360 e. The van der Waals surface area contributed by atoms with Gasteiger partial charge < -0.3 is 5.32 Å². The minimum atomic E-state index is -0.405. The number of nitrogens with one attached hydrogen (secondary N) is 1. The van der Waals surface area contributed by atoms with Gasteiger partial charge in [-0.15, -0.1) is 5.10 Å². The van der Waals surface area contributed by atoms with Gasteiger partial charge in [-0.25, -0.2) is 0 Å². The van der Waals surface area contributed by atoms with Crippen molar-refractivity contribution in [3.8, 4) is 0 Å². The molecule has 0 atom stereocenters.